The van der Waals surface area contributed by atoms with Gasteiger partial charge in [0, 0.05) is 46.0 Å². The van der Waals surface area contributed by atoms with Crippen molar-refractivity contribution in [3.05, 3.63) is 139 Å². The average Bonchev–Trinajstić information content (AvgIpc) is 3.37. The molecule has 202 valence electrons. The third-order valence-electron chi connectivity index (χ3n) is 8.20. The first kappa shape index (κ1) is 24.4. The van der Waals surface area contributed by atoms with Crippen molar-refractivity contribution < 1.29 is 9.47 Å². The summed E-state index contributed by atoms with van der Waals surface area (Å²) in [6.45, 7) is 4.53. The highest BCUT2D eigenvalue weighted by Gasteiger charge is 2.36. The minimum atomic E-state index is -0.202. The number of fused-ring (bicyclic) bond motifs is 6. The van der Waals surface area contributed by atoms with Crippen LogP contribution in [-0.4, -0.2) is 14.5 Å². The molecular formula is C37H27N3O2. The maximum atomic E-state index is 6.66. The lowest BCUT2D eigenvalue weighted by Gasteiger charge is -2.34. The van der Waals surface area contributed by atoms with Crippen LogP contribution in [0.15, 0.2) is 128 Å². The van der Waals surface area contributed by atoms with Crippen LogP contribution in [0.3, 0.4) is 0 Å². The van der Waals surface area contributed by atoms with E-state index >= 15 is 0 Å². The van der Waals surface area contributed by atoms with E-state index in [0.717, 1.165) is 61.9 Å². The highest BCUT2D eigenvalue weighted by Crippen LogP contribution is 2.52. The van der Waals surface area contributed by atoms with Crippen molar-refractivity contribution in [1.82, 2.24) is 14.5 Å². The van der Waals surface area contributed by atoms with E-state index in [-0.39, 0.29) is 5.41 Å². The Bertz CT molecular complexity index is 2130. The number of pyridine rings is 2. The fraction of sp³-hybridized carbons (Fsp3) is 0.0811. The largest absolute Gasteiger partial charge is 0.457 e. The molecule has 0 atom stereocenters. The van der Waals surface area contributed by atoms with Gasteiger partial charge in [-0.25, -0.2) is 4.98 Å². The molecule has 0 fully saturated rings. The Morgan fingerprint density at radius 2 is 1.50 bits per heavy atom. The first-order valence-corrected chi connectivity index (χ1v) is 14.1. The maximum Gasteiger partial charge on any atom is 0.145 e. The predicted molar refractivity (Wildman–Crippen MR) is 167 cm³/mol. The summed E-state index contributed by atoms with van der Waals surface area (Å²) in [6.07, 6.45) is 3.64. The monoisotopic (exact) mass is 545 g/mol. The third-order valence-corrected chi connectivity index (χ3v) is 8.20. The van der Waals surface area contributed by atoms with Crippen LogP contribution < -0.4 is 9.47 Å². The van der Waals surface area contributed by atoms with E-state index in [1.807, 2.05) is 72.9 Å². The van der Waals surface area contributed by atoms with Crippen molar-refractivity contribution in [3.8, 4) is 39.9 Å². The van der Waals surface area contributed by atoms with Crippen LogP contribution in [0.2, 0.25) is 0 Å². The first-order valence-electron chi connectivity index (χ1n) is 14.1. The van der Waals surface area contributed by atoms with Gasteiger partial charge in [-0.1, -0.05) is 62.4 Å². The summed E-state index contributed by atoms with van der Waals surface area (Å²) in [5.74, 6) is 3.28. The molecule has 8 rings (SSSR count). The Morgan fingerprint density at radius 3 is 2.38 bits per heavy atom. The zero-order chi connectivity index (χ0) is 28.3. The Labute approximate surface area is 243 Å². The topological polar surface area (TPSA) is 49.2 Å². The molecule has 0 radical (unpaired) electrons. The lowest BCUT2D eigenvalue weighted by molar-refractivity contribution is 0.423. The highest BCUT2D eigenvalue weighted by atomic mass is 16.5. The van der Waals surface area contributed by atoms with Gasteiger partial charge in [0.25, 0.3) is 0 Å². The SMILES string of the molecule is CC1(C)c2ccccc2Oc2c1ccc1c2c2cccnc2n1-c1cccc(Oc2cccc(-c3ccccn3)c2)c1. The van der Waals surface area contributed by atoms with E-state index in [4.69, 9.17) is 14.5 Å². The fourth-order valence-electron chi connectivity index (χ4n) is 6.16. The highest BCUT2D eigenvalue weighted by molar-refractivity contribution is 6.12. The molecule has 5 heteroatoms. The summed E-state index contributed by atoms with van der Waals surface area (Å²) in [7, 11) is 0. The van der Waals surface area contributed by atoms with Gasteiger partial charge in [0.1, 0.15) is 28.6 Å². The van der Waals surface area contributed by atoms with E-state index in [9.17, 15) is 0 Å². The van der Waals surface area contributed by atoms with E-state index in [2.05, 4.69) is 71.9 Å². The molecule has 1 aliphatic rings. The quantitative estimate of drug-likeness (QED) is 0.221. The van der Waals surface area contributed by atoms with E-state index < -0.39 is 0 Å². The smallest absolute Gasteiger partial charge is 0.145 e. The first-order chi connectivity index (χ1) is 20.6. The molecule has 5 nitrogen and oxygen atoms in total. The minimum absolute atomic E-state index is 0.202. The van der Waals surface area contributed by atoms with Crippen LogP contribution in [0.25, 0.3) is 38.9 Å². The molecule has 0 amide bonds. The van der Waals surface area contributed by atoms with Gasteiger partial charge in [0.05, 0.1) is 22.3 Å². The Morgan fingerprint density at radius 1 is 0.690 bits per heavy atom. The molecule has 4 aromatic carbocycles. The Balaban J connectivity index is 1.26. The summed E-state index contributed by atoms with van der Waals surface area (Å²) >= 11 is 0. The number of para-hydroxylation sites is 1. The number of rotatable bonds is 4. The van der Waals surface area contributed by atoms with Gasteiger partial charge in [-0.2, -0.15) is 0 Å². The molecule has 0 bridgehead atoms. The van der Waals surface area contributed by atoms with Crippen molar-refractivity contribution in [2.24, 2.45) is 0 Å². The third kappa shape index (κ3) is 3.78. The molecule has 7 aromatic rings. The molecular weight excluding hydrogens is 518 g/mol. The number of hydrogen-bond donors (Lipinski definition) is 0. The molecule has 0 saturated carbocycles. The van der Waals surface area contributed by atoms with Crippen LogP contribution in [-0.2, 0) is 5.41 Å². The standard InChI is InChI=1S/C37H27N3O2/c1-37(2)29-15-3-4-17-33(29)42-35-30(37)18-19-32-34(35)28-14-9-21-39-36(28)40(32)25-11-8-13-27(23-25)41-26-12-7-10-24(22-26)31-16-5-6-20-38-31/h3-23H,1-2H3. The number of nitrogens with zero attached hydrogens (tertiary/aromatic N) is 3. The molecule has 1 aliphatic heterocycles. The second-order valence-corrected chi connectivity index (χ2v) is 11.1. The minimum Gasteiger partial charge on any atom is -0.457 e. The zero-order valence-electron chi connectivity index (χ0n) is 23.3. The second-order valence-electron chi connectivity index (χ2n) is 11.1. The van der Waals surface area contributed by atoms with Gasteiger partial charge >= 0.3 is 0 Å². The molecule has 4 heterocycles. The zero-order valence-corrected chi connectivity index (χ0v) is 23.3. The average molecular weight is 546 g/mol. The summed E-state index contributed by atoms with van der Waals surface area (Å²) in [5, 5.41) is 2.11. The van der Waals surface area contributed by atoms with Gasteiger partial charge in [-0.05, 0) is 60.7 Å². The lowest BCUT2D eigenvalue weighted by Crippen LogP contribution is -2.24. The molecule has 0 unspecified atom stereocenters. The maximum absolute atomic E-state index is 6.66. The molecule has 0 aliphatic carbocycles. The molecule has 0 spiro atoms. The fourth-order valence-corrected chi connectivity index (χ4v) is 6.16. The van der Waals surface area contributed by atoms with Crippen molar-refractivity contribution in [2.45, 2.75) is 19.3 Å². The number of aromatic nitrogens is 3. The van der Waals surface area contributed by atoms with E-state index in [1.54, 1.807) is 6.20 Å². The van der Waals surface area contributed by atoms with Crippen molar-refractivity contribution in [2.75, 3.05) is 0 Å². The summed E-state index contributed by atoms with van der Waals surface area (Å²) < 4.78 is 15.2. The molecule has 3 aromatic heterocycles. The normalized spacial score (nSPS) is 13.4. The number of ether oxygens (including phenoxy) is 2. The number of benzene rings is 4. The summed E-state index contributed by atoms with van der Waals surface area (Å²) in [5.41, 5.74) is 6.93. The Kier molecular flexibility index (Phi) is 5.41. The predicted octanol–water partition coefficient (Wildman–Crippen LogP) is 9.46. The van der Waals surface area contributed by atoms with Crippen molar-refractivity contribution in [1.29, 1.82) is 0 Å². The van der Waals surface area contributed by atoms with Gasteiger partial charge in [-0.3, -0.25) is 9.55 Å². The van der Waals surface area contributed by atoms with Crippen LogP contribution in [0.4, 0.5) is 0 Å². The van der Waals surface area contributed by atoms with Crippen molar-refractivity contribution in [3.63, 3.8) is 0 Å². The lowest BCUT2D eigenvalue weighted by atomic mass is 9.75. The van der Waals surface area contributed by atoms with Gasteiger partial charge in [0.2, 0.25) is 0 Å². The summed E-state index contributed by atoms with van der Waals surface area (Å²) in [6, 6.07) is 38.9. The number of hydrogen-bond acceptors (Lipinski definition) is 4. The molecule has 0 saturated heterocycles. The molecule has 0 N–H and O–H groups in total. The van der Waals surface area contributed by atoms with Crippen LogP contribution in [0, 0.1) is 0 Å². The van der Waals surface area contributed by atoms with E-state index in [1.165, 1.54) is 11.1 Å². The van der Waals surface area contributed by atoms with Gasteiger partial charge in [0.15, 0.2) is 0 Å². The van der Waals surface area contributed by atoms with Gasteiger partial charge in [-0.15, -0.1) is 0 Å². The molecule has 42 heavy (non-hydrogen) atoms. The second kappa shape index (κ2) is 9.32. The van der Waals surface area contributed by atoms with Crippen molar-refractivity contribution >= 4 is 21.9 Å². The van der Waals surface area contributed by atoms with E-state index in [0.29, 0.717) is 0 Å². The van der Waals surface area contributed by atoms with Crippen LogP contribution >= 0.6 is 0 Å². The Hall–Kier alpha value is -5.42. The van der Waals surface area contributed by atoms with Crippen LogP contribution in [0.1, 0.15) is 25.0 Å². The van der Waals surface area contributed by atoms with Crippen LogP contribution in [0.5, 0.6) is 23.0 Å². The van der Waals surface area contributed by atoms with Gasteiger partial charge < -0.3 is 9.47 Å². The summed E-state index contributed by atoms with van der Waals surface area (Å²) in [4.78, 5) is 9.32.